The number of aromatic nitrogens is 3. The molecular formula is C24H27N5O2. The predicted molar refractivity (Wildman–Crippen MR) is 118 cm³/mol. The summed E-state index contributed by atoms with van der Waals surface area (Å²) in [5, 5.41) is 10.4. The Bertz CT molecular complexity index is 1020. The molecule has 2 amide bonds. The largest absolute Gasteiger partial charge is 0.351 e. The van der Waals surface area contributed by atoms with Crippen LogP contribution >= 0.6 is 0 Å². The molecule has 31 heavy (non-hydrogen) atoms. The molecule has 1 aliphatic heterocycles. The van der Waals surface area contributed by atoms with Crippen LogP contribution in [-0.2, 0) is 16.0 Å². The zero-order valence-electron chi connectivity index (χ0n) is 17.6. The Morgan fingerprint density at radius 2 is 1.77 bits per heavy atom. The van der Waals surface area contributed by atoms with Gasteiger partial charge in [-0.1, -0.05) is 60.7 Å². The highest BCUT2D eigenvalue weighted by Gasteiger charge is 2.38. The minimum absolute atomic E-state index is 0.108. The minimum atomic E-state index is -0.188. The number of amides is 2. The first-order chi connectivity index (χ1) is 15.1. The monoisotopic (exact) mass is 417 g/mol. The topological polar surface area (TPSA) is 91.0 Å². The second kappa shape index (κ2) is 9.55. The number of H-pyrrole nitrogens is 1. The van der Waals surface area contributed by atoms with E-state index in [9.17, 15) is 9.59 Å². The fourth-order valence-corrected chi connectivity index (χ4v) is 4.09. The number of rotatable bonds is 7. The maximum atomic E-state index is 12.8. The Hall–Kier alpha value is -3.48. The molecule has 0 unspecified atom stereocenters. The second-order valence-corrected chi connectivity index (χ2v) is 7.96. The molecule has 1 fully saturated rings. The Morgan fingerprint density at radius 3 is 2.48 bits per heavy atom. The van der Waals surface area contributed by atoms with E-state index in [1.165, 1.54) is 12.5 Å². The van der Waals surface area contributed by atoms with Crippen molar-refractivity contribution in [3.05, 3.63) is 72.1 Å². The number of nitrogens with one attached hydrogen (secondary N) is 2. The van der Waals surface area contributed by atoms with E-state index in [1.54, 1.807) is 0 Å². The van der Waals surface area contributed by atoms with E-state index in [0.717, 1.165) is 18.4 Å². The maximum absolute atomic E-state index is 12.8. The van der Waals surface area contributed by atoms with Crippen LogP contribution in [0.5, 0.6) is 0 Å². The van der Waals surface area contributed by atoms with Crippen molar-refractivity contribution in [2.75, 3.05) is 13.1 Å². The highest BCUT2D eigenvalue weighted by molar-refractivity contribution is 5.77. The Balaban J connectivity index is 1.42. The third-order valence-corrected chi connectivity index (χ3v) is 5.65. The summed E-state index contributed by atoms with van der Waals surface area (Å²) < 4.78 is 0. The molecule has 2 aromatic carbocycles. The summed E-state index contributed by atoms with van der Waals surface area (Å²) in [6.07, 6.45) is 2.16. The van der Waals surface area contributed by atoms with Crippen LogP contribution in [0.4, 0.5) is 0 Å². The lowest BCUT2D eigenvalue weighted by Crippen LogP contribution is -2.39. The van der Waals surface area contributed by atoms with Gasteiger partial charge in [-0.3, -0.25) is 14.7 Å². The van der Waals surface area contributed by atoms with Gasteiger partial charge >= 0.3 is 0 Å². The second-order valence-electron chi connectivity index (χ2n) is 7.96. The molecule has 0 aliphatic carbocycles. The number of carbonyl (C=O) groups excluding carboxylic acids is 2. The fraction of sp³-hybridized carbons (Fsp3) is 0.333. The summed E-state index contributed by atoms with van der Waals surface area (Å²) >= 11 is 0. The maximum Gasteiger partial charge on any atom is 0.222 e. The molecule has 0 radical (unpaired) electrons. The lowest BCUT2D eigenvalue weighted by molar-refractivity contribution is -0.130. The number of benzene rings is 2. The highest BCUT2D eigenvalue weighted by atomic mass is 16.2. The number of carbonyl (C=O) groups is 2. The van der Waals surface area contributed by atoms with Crippen molar-refractivity contribution in [1.29, 1.82) is 0 Å². The van der Waals surface area contributed by atoms with Gasteiger partial charge in [0, 0.05) is 32.0 Å². The molecule has 2 heterocycles. The van der Waals surface area contributed by atoms with Crippen molar-refractivity contribution in [2.24, 2.45) is 0 Å². The zero-order valence-corrected chi connectivity index (χ0v) is 17.6. The van der Waals surface area contributed by atoms with Gasteiger partial charge in [-0.05, 0) is 18.4 Å². The van der Waals surface area contributed by atoms with E-state index in [-0.39, 0.29) is 23.8 Å². The molecule has 0 bridgehead atoms. The first-order valence-corrected chi connectivity index (χ1v) is 10.7. The summed E-state index contributed by atoms with van der Waals surface area (Å²) in [4.78, 5) is 31.1. The number of hydrogen-bond donors (Lipinski definition) is 2. The van der Waals surface area contributed by atoms with Crippen molar-refractivity contribution in [3.63, 3.8) is 0 Å². The summed E-state index contributed by atoms with van der Waals surface area (Å²) in [6.45, 7) is 2.49. The zero-order chi connectivity index (χ0) is 21.6. The van der Waals surface area contributed by atoms with Crippen molar-refractivity contribution in [3.8, 4) is 11.4 Å². The van der Waals surface area contributed by atoms with Crippen LogP contribution in [-0.4, -0.2) is 51.0 Å². The molecule has 0 saturated carbocycles. The molecule has 0 spiro atoms. The average Bonchev–Trinajstić information content (AvgIpc) is 3.42. The molecular weight excluding hydrogens is 390 g/mol. The smallest absolute Gasteiger partial charge is 0.222 e. The van der Waals surface area contributed by atoms with Crippen LogP contribution in [0.3, 0.4) is 0 Å². The Kier molecular flexibility index (Phi) is 6.40. The normalized spacial score (nSPS) is 18.2. The summed E-state index contributed by atoms with van der Waals surface area (Å²) in [6, 6.07) is 19.7. The molecule has 160 valence electrons. The van der Waals surface area contributed by atoms with Crippen molar-refractivity contribution in [2.45, 2.75) is 38.1 Å². The van der Waals surface area contributed by atoms with Gasteiger partial charge in [0.1, 0.15) is 5.82 Å². The fourth-order valence-electron chi connectivity index (χ4n) is 4.09. The summed E-state index contributed by atoms with van der Waals surface area (Å²) in [5.41, 5.74) is 2.16. The van der Waals surface area contributed by atoms with Crippen molar-refractivity contribution in [1.82, 2.24) is 25.4 Å². The van der Waals surface area contributed by atoms with Gasteiger partial charge in [-0.25, -0.2) is 4.98 Å². The van der Waals surface area contributed by atoms with E-state index in [4.69, 9.17) is 0 Å². The average molecular weight is 418 g/mol. The third-order valence-electron chi connectivity index (χ3n) is 5.65. The van der Waals surface area contributed by atoms with Crippen LogP contribution in [0.25, 0.3) is 11.4 Å². The van der Waals surface area contributed by atoms with Crippen molar-refractivity contribution >= 4 is 11.8 Å². The molecule has 7 heteroatoms. The van der Waals surface area contributed by atoms with E-state index in [1.807, 2.05) is 53.4 Å². The number of aryl methyl sites for hydroxylation is 1. The molecule has 3 aromatic rings. The lowest BCUT2D eigenvalue weighted by atomic mass is 10.0. The highest BCUT2D eigenvalue weighted by Crippen LogP contribution is 2.27. The minimum Gasteiger partial charge on any atom is -0.351 e. The van der Waals surface area contributed by atoms with Crippen LogP contribution in [0, 0.1) is 0 Å². The van der Waals surface area contributed by atoms with Crippen LogP contribution < -0.4 is 5.32 Å². The molecule has 4 rings (SSSR count). The summed E-state index contributed by atoms with van der Waals surface area (Å²) in [5.74, 6) is 1.18. The first-order valence-electron chi connectivity index (χ1n) is 10.7. The van der Waals surface area contributed by atoms with Gasteiger partial charge in [0.2, 0.25) is 11.8 Å². The molecule has 7 nitrogen and oxygen atoms in total. The van der Waals surface area contributed by atoms with Crippen molar-refractivity contribution < 1.29 is 9.59 Å². The van der Waals surface area contributed by atoms with Crippen LogP contribution in [0.1, 0.15) is 37.1 Å². The van der Waals surface area contributed by atoms with E-state index < -0.39 is 0 Å². The third kappa shape index (κ3) is 5.17. The first kappa shape index (κ1) is 20.8. The van der Waals surface area contributed by atoms with E-state index in [2.05, 4.69) is 32.6 Å². The number of hydrogen-bond acceptors (Lipinski definition) is 4. The molecule has 1 aliphatic rings. The van der Waals surface area contributed by atoms with Gasteiger partial charge in [0.15, 0.2) is 5.82 Å². The molecule has 1 aromatic heterocycles. The Morgan fingerprint density at radius 1 is 1.06 bits per heavy atom. The van der Waals surface area contributed by atoms with Gasteiger partial charge in [-0.15, -0.1) is 0 Å². The summed E-state index contributed by atoms with van der Waals surface area (Å²) in [7, 11) is 0. The number of nitrogens with zero attached hydrogens (tertiary/aromatic N) is 3. The lowest BCUT2D eigenvalue weighted by Gasteiger charge is -2.17. The number of likely N-dealkylation sites (tertiary alicyclic amines) is 1. The van der Waals surface area contributed by atoms with Gasteiger partial charge in [-0.2, -0.15) is 5.10 Å². The van der Waals surface area contributed by atoms with Gasteiger partial charge < -0.3 is 10.2 Å². The van der Waals surface area contributed by atoms with E-state index in [0.29, 0.717) is 31.2 Å². The molecule has 1 saturated heterocycles. The molecule has 2 atom stereocenters. The Labute approximate surface area is 181 Å². The quantitative estimate of drug-likeness (QED) is 0.618. The molecule has 2 N–H and O–H groups in total. The van der Waals surface area contributed by atoms with Gasteiger partial charge in [0.25, 0.3) is 0 Å². The number of aromatic amines is 1. The van der Waals surface area contributed by atoms with Crippen LogP contribution in [0.15, 0.2) is 60.7 Å². The SMILES string of the molecule is CC(=O)N[C@@H]1CN(C(=O)CCCc2ccccc2)C[C@H]1c1nc(-c2ccccc2)n[nH]1. The predicted octanol–water partition coefficient (Wildman–Crippen LogP) is 2.93. The standard InChI is InChI=1S/C24H27N5O2/c1-17(30)25-21-16-29(22(31)14-8-11-18-9-4-2-5-10-18)15-20(21)24-26-23(27-28-24)19-12-6-3-7-13-19/h2-7,9-10,12-13,20-21H,8,11,14-16H2,1H3,(H,25,30)(H,26,27,28)/t20-,21-/m1/s1. The van der Waals surface area contributed by atoms with Crippen LogP contribution in [0.2, 0.25) is 0 Å². The van der Waals surface area contributed by atoms with E-state index >= 15 is 0 Å². The van der Waals surface area contributed by atoms with Gasteiger partial charge in [0.05, 0.1) is 12.0 Å².